The van der Waals surface area contributed by atoms with Crippen LogP contribution in [0.25, 0.3) is 0 Å². The van der Waals surface area contributed by atoms with E-state index in [-0.39, 0.29) is 6.54 Å². The standard InChI is InChI=1S/C10H18F6N2O4S2/c1-4-6-18(2)7-5-17-24(21,22)10(15,16)8(11,12)9(13,14)23(3,19)20/h17H,4-7H2,1-3H3. The summed E-state index contributed by atoms with van der Waals surface area (Å²) in [5, 5.41) is -12.6. The summed E-state index contributed by atoms with van der Waals surface area (Å²) in [6.45, 7) is 1.30. The van der Waals surface area contributed by atoms with E-state index in [1.54, 1.807) is 6.92 Å². The minimum absolute atomic E-state index is 0.156. The highest BCUT2D eigenvalue weighted by Crippen LogP contribution is 2.50. The fourth-order valence-electron chi connectivity index (χ4n) is 1.53. The summed E-state index contributed by atoms with van der Waals surface area (Å²) in [6.07, 6.45) is 0.231. The molecule has 0 heterocycles. The summed E-state index contributed by atoms with van der Waals surface area (Å²) in [5.74, 6) is -6.67. The van der Waals surface area contributed by atoms with E-state index in [0.717, 1.165) is 4.72 Å². The Balaban J connectivity index is 5.48. The second kappa shape index (κ2) is 7.33. The van der Waals surface area contributed by atoms with Crippen molar-refractivity contribution in [2.24, 2.45) is 0 Å². The molecule has 0 radical (unpaired) electrons. The number of hydrogen-bond acceptors (Lipinski definition) is 5. The Hall–Kier alpha value is -0.600. The molecule has 6 nitrogen and oxygen atoms in total. The van der Waals surface area contributed by atoms with Gasteiger partial charge in [0.05, 0.1) is 0 Å². The predicted octanol–water partition coefficient (Wildman–Crippen LogP) is 1.11. The minimum Gasteiger partial charge on any atom is -0.305 e. The van der Waals surface area contributed by atoms with Crippen LogP contribution in [0, 0.1) is 0 Å². The number of sulfonamides is 1. The van der Waals surface area contributed by atoms with Gasteiger partial charge < -0.3 is 4.90 Å². The lowest BCUT2D eigenvalue weighted by atomic mass is 10.3. The van der Waals surface area contributed by atoms with E-state index < -0.39 is 49.1 Å². The van der Waals surface area contributed by atoms with Crippen molar-refractivity contribution in [1.82, 2.24) is 9.62 Å². The van der Waals surface area contributed by atoms with Crippen molar-refractivity contribution < 1.29 is 43.2 Å². The molecular weight excluding hydrogens is 390 g/mol. The summed E-state index contributed by atoms with van der Waals surface area (Å²) >= 11 is 0. The Morgan fingerprint density at radius 3 is 1.75 bits per heavy atom. The van der Waals surface area contributed by atoms with E-state index in [2.05, 4.69) is 0 Å². The molecule has 14 heteroatoms. The maximum Gasteiger partial charge on any atom is 0.428 e. The van der Waals surface area contributed by atoms with Crippen LogP contribution in [0.4, 0.5) is 26.3 Å². The van der Waals surface area contributed by atoms with Crippen LogP contribution in [0.2, 0.25) is 0 Å². The van der Waals surface area contributed by atoms with Crippen molar-refractivity contribution in [1.29, 1.82) is 0 Å². The van der Waals surface area contributed by atoms with E-state index >= 15 is 0 Å². The van der Waals surface area contributed by atoms with Crippen molar-refractivity contribution in [3.63, 3.8) is 0 Å². The van der Waals surface area contributed by atoms with Gasteiger partial charge in [0, 0.05) is 19.3 Å². The van der Waals surface area contributed by atoms with Crippen LogP contribution in [-0.4, -0.2) is 71.1 Å². The predicted molar refractivity (Wildman–Crippen MR) is 74.4 cm³/mol. The van der Waals surface area contributed by atoms with Gasteiger partial charge in [-0.25, -0.2) is 21.6 Å². The van der Waals surface area contributed by atoms with Crippen LogP contribution in [-0.2, 0) is 19.9 Å². The average Bonchev–Trinajstić information content (AvgIpc) is 2.36. The van der Waals surface area contributed by atoms with Crippen molar-refractivity contribution in [2.75, 3.05) is 32.9 Å². The van der Waals surface area contributed by atoms with Crippen molar-refractivity contribution in [3.8, 4) is 0 Å². The van der Waals surface area contributed by atoms with Crippen LogP contribution in [0.1, 0.15) is 13.3 Å². The Morgan fingerprint density at radius 2 is 1.38 bits per heavy atom. The average molecular weight is 408 g/mol. The Kier molecular flexibility index (Phi) is 7.15. The smallest absolute Gasteiger partial charge is 0.305 e. The molecule has 0 unspecified atom stereocenters. The lowest BCUT2D eigenvalue weighted by Crippen LogP contribution is -2.62. The number of nitrogens with one attached hydrogen (secondary N) is 1. The Bertz CT molecular complexity index is 636. The van der Waals surface area contributed by atoms with Crippen molar-refractivity contribution >= 4 is 19.9 Å². The van der Waals surface area contributed by atoms with Gasteiger partial charge >= 0.3 is 16.4 Å². The number of hydrogen-bond donors (Lipinski definition) is 1. The molecule has 0 fully saturated rings. The molecule has 0 aromatic heterocycles. The fourth-order valence-corrected chi connectivity index (χ4v) is 3.19. The van der Waals surface area contributed by atoms with Crippen LogP contribution in [0.5, 0.6) is 0 Å². The molecule has 0 aliphatic rings. The van der Waals surface area contributed by atoms with E-state index in [1.165, 1.54) is 11.9 Å². The van der Waals surface area contributed by atoms with Crippen molar-refractivity contribution in [3.05, 3.63) is 0 Å². The number of alkyl halides is 6. The summed E-state index contributed by atoms with van der Waals surface area (Å²) < 4.78 is 125. The normalized spacial score (nSPS) is 15.1. The SMILES string of the molecule is CCCN(C)CCNS(=O)(=O)C(F)(F)C(F)(F)C(F)(F)S(C)(=O)=O. The summed E-state index contributed by atoms with van der Waals surface area (Å²) in [6, 6.07) is 0. The molecule has 0 rings (SSSR count). The zero-order chi connectivity index (χ0) is 19.6. The highest BCUT2D eigenvalue weighted by Gasteiger charge is 2.80. The van der Waals surface area contributed by atoms with Crippen LogP contribution < -0.4 is 4.72 Å². The van der Waals surface area contributed by atoms with Gasteiger partial charge in [0.1, 0.15) is 0 Å². The van der Waals surface area contributed by atoms with Gasteiger partial charge in [-0.15, -0.1) is 0 Å². The van der Waals surface area contributed by atoms with Gasteiger partial charge in [0.15, 0.2) is 0 Å². The van der Waals surface area contributed by atoms with Gasteiger partial charge in [0.2, 0.25) is 9.84 Å². The number of rotatable bonds is 10. The van der Waals surface area contributed by atoms with E-state index in [4.69, 9.17) is 0 Å². The lowest BCUT2D eigenvalue weighted by molar-refractivity contribution is -0.243. The van der Waals surface area contributed by atoms with Gasteiger partial charge in [-0.3, -0.25) is 0 Å². The highest BCUT2D eigenvalue weighted by molar-refractivity contribution is 7.92. The largest absolute Gasteiger partial charge is 0.428 e. The third-order valence-corrected chi connectivity index (χ3v) is 5.63. The Labute approximate surface area is 136 Å². The first-order chi connectivity index (χ1) is 10.5. The van der Waals surface area contributed by atoms with Gasteiger partial charge in [-0.1, -0.05) is 6.92 Å². The zero-order valence-electron chi connectivity index (χ0n) is 13.0. The van der Waals surface area contributed by atoms with E-state index in [0.29, 0.717) is 13.0 Å². The minimum atomic E-state index is -6.67. The third kappa shape index (κ3) is 4.32. The molecule has 146 valence electrons. The molecule has 0 aliphatic heterocycles. The molecule has 0 aliphatic carbocycles. The molecule has 0 spiro atoms. The topological polar surface area (TPSA) is 83.6 Å². The lowest BCUT2D eigenvalue weighted by Gasteiger charge is -2.31. The molecule has 24 heavy (non-hydrogen) atoms. The zero-order valence-corrected chi connectivity index (χ0v) is 14.6. The van der Waals surface area contributed by atoms with Gasteiger partial charge in [-0.2, -0.15) is 26.3 Å². The fraction of sp³-hybridized carbons (Fsp3) is 1.00. The number of sulfone groups is 1. The molecule has 1 N–H and O–H groups in total. The molecule has 0 amide bonds. The number of nitrogens with zero attached hydrogens (tertiary/aromatic N) is 1. The van der Waals surface area contributed by atoms with Crippen molar-refractivity contribution in [2.45, 2.75) is 29.8 Å². The quantitative estimate of drug-likeness (QED) is 0.548. The first-order valence-corrected chi connectivity index (χ1v) is 9.84. The highest BCUT2D eigenvalue weighted by atomic mass is 32.2. The van der Waals surface area contributed by atoms with Crippen LogP contribution in [0.15, 0.2) is 0 Å². The first-order valence-electron chi connectivity index (χ1n) is 6.46. The van der Waals surface area contributed by atoms with E-state index in [9.17, 15) is 43.2 Å². The van der Waals surface area contributed by atoms with Gasteiger partial charge in [0.25, 0.3) is 10.0 Å². The molecule has 0 atom stereocenters. The molecular formula is C10H18F6N2O4S2. The van der Waals surface area contributed by atoms with Gasteiger partial charge in [-0.05, 0) is 20.0 Å². The summed E-state index contributed by atoms with van der Waals surface area (Å²) in [7, 11) is -10.8. The second-order valence-electron chi connectivity index (χ2n) is 5.08. The monoisotopic (exact) mass is 408 g/mol. The molecule has 0 bridgehead atoms. The summed E-state index contributed by atoms with van der Waals surface area (Å²) in [4.78, 5) is 1.48. The first kappa shape index (κ1) is 23.4. The molecule has 0 aromatic rings. The second-order valence-corrected chi connectivity index (χ2v) is 8.95. The van der Waals surface area contributed by atoms with Crippen LogP contribution in [0.3, 0.4) is 0 Å². The molecule has 0 saturated carbocycles. The Morgan fingerprint density at radius 1 is 0.917 bits per heavy atom. The molecule has 0 saturated heterocycles. The third-order valence-electron chi connectivity index (χ3n) is 2.93. The number of halogens is 6. The number of likely N-dealkylation sites (N-methyl/N-ethyl adjacent to an activating group) is 1. The maximum atomic E-state index is 13.5. The maximum absolute atomic E-state index is 13.5. The molecule has 0 aromatic carbocycles. The van der Waals surface area contributed by atoms with E-state index in [1.807, 2.05) is 0 Å². The van der Waals surface area contributed by atoms with Crippen LogP contribution >= 0.6 is 0 Å². The summed E-state index contributed by atoms with van der Waals surface area (Å²) in [5.41, 5.74) is 0.